The van der Waals surface area contributed by atoms with Gasteiger partial charge in [0.1, 0.15) is 11.2 Å². The summed E-state index contributed by atoms with van der Waals surface area (Å²) in [6, 6.07) is 61.0. The van der Waals surface area contributed by atoms with Crippen LogP contribution in [0.15, 0.2) is 199 Å². The highest BCUT2D eigenvalue weighted by Crippen LogP contribution is 2.40. The van der Waals surface area contributed by atoms with E-state index >= 15 is 0 Å². The van der Waals surface area contributed by atoms with Gasteiger partial charge in [-0.2, -0.15) is 0 Å². The molecule has 0 unspecified atom stereocenters. The van der Waals surface area contributed by atoms with Crippen LogP contribution in [0.3, 0.4) is 0 Å². The molecule has 3 aromatic heterocycles. The van der Waals surface area contributed by atoms with E-state index in [-0.39, 0.29) is 0 Å². The molecule has 0 N–H and O–H groups in total. The maximum atomic E-state index is 6.41. The van der Waals surface area contributed by atoms with Crippen LogP contribution in [-0.4, -0.2) is 19.9 Å². The fraction of sp³-hybridized carbons (Fsp3) is 0. The van der Waals surface area contributed by atoms with Crippen molar-refractivity contribution in [1.29, 1.82) is 0 Å². The van der Waals surface area contributed by atoms with Gasteiger partial charge in [0.05, 0.1) is 22.1 Å². The summed E-state index contributed by atoms with van der Waals surface area (Å²) in [6.45, 7) is 0. The molecule has 13 aromatic rings. The van der Waals surface area contributed by atoms with E-state index in [1.54, 1.807) is 24.8 Å². The van der Waals surface area contributed by atoms with Crippen LogP contribution in [-0.2, 0) is 0 Å². The zero-order valence-corrected chi connectivity index (χ0v) is 32.7. The van der Waals surface area contributed by atoms with Crippen LogP contribution < -0.4 is 0 Å². The topological polar surface area (TPSA) is 64.7 Å². The Bertz CT molecular complexity index is 3630. The Morgan fingerprint density at radius 1 is 0.230 bits per heavy atom. The molecule has 13 rings (SSSR count). The van der Waals surface area contributed by atoms with Crippen LogP contribution in [0.1, 0.15) is 0 Å². The van der Waals surface area contributed by atoms with E-state index in [4.69, 9.17) is 24.4 Å². The molecule has 0 amide bonds. The van der Waals surface area contributed by atoms with E-state index < -0.39 is 0 Å². The van der Waals surface area contributed by atoms with Gasteiger partial charge < -0.3 is 4.42 Å². The molecule has 0 bridgehead atoms. The van der Waals surface area contributed by atoms with E-state index in [1.165, 1.54) is 21.5 Å². The van der Waals surface area contributed by atoms with Crippen molar-refractivity contribution in [2.75, 3.05) is 0 Å². The van der Waals surface area contributed by atoms with E-state index in [0.717, 1.165) is 110 Å². The van der Waals surface area contributed by atoms with Gasteiger partial charge in [-0.3, -0.25) is 19.9 Å². The first-order valence-corrected chi connectivity index (χ1v) is 20.5. The molecule has 0 saturated heterocycles. The molecule has 0 saturated carbocycles. The van der Waals surface area contributed by atoms with Crippen molar-refractivity contribution in [3.8, 4) is 44.5 Å². The molecule has 0 aliphatic rings. The zero-order valence-electron chi connectivity index (χ0n) is 32.7. The van der Waals surface area contributed by atoms with Crippen LogP contribution in [0.2, 0.25) is 0 Å². The van der Waals surface area contributed by atoms with E-state index in [0.29, 0.717) is 0 Å². The molecule has 0 fully saturated rings. The molecule has 0 atom stereocenters. The maximum absolute atomic E-state index is 6.41. The summed E-state index contributed by atoms with van der Waals surface area (Å²) < 4.78 is 6.41. The average Bonchev–Trinajstić information content (AvgIpc) is 3.71. The quantitative estimate of drug-likeness (QED) is 0.167. The minimum absolute atomic E-state index is 0.870. The summed E-state index contributed by atoms with van der Waals surface area (Å²) in [5.41, 5.74) is 14.5. The van der Waals surface area contributed by atoms with E-state index in [9.17, 15) is 0 Å². The van der Waals surface area contributed by atoms with Gasteiger partial charge in [0, 0.05) is 57.1 Å². The van der Waals surface area contributed by atoms with Gasteiger partial charge in [-0.15, -0.1) is 0 Å². The third-order valence-electron chi connectivity index (χ3n) is 12.4. The number of aromatic nitrogens is 4. The summed E-state index contributed by atoms with van der Waals surface area (Å²) in [4.78, 5) is 19.1. The lowest BCUT2D eigenvalue weighted by molar-refractivity contribution is 0.669. The third kappa shape index (κ3) is 5.27. The first kappa shape index (κ1) is 33.7. The molecule has 5 nitrogen and oxygen atoms in total. The Kier molecular flexibility index (Phi) is 7.24. The minimum atomic E-state index is 0.870. The number of rotatable bonds is 4. The van der Waals surface area contributed by atoms with E-state index in [2.05, 4.69) is 170 Å². The highest BCUT2D eigenvalue weighted by Gasteiger charge is 2.15. The van der Waals surface area contributed by atoms with Gasteiger partial charge in [-0.05, 0) is 115 Å². The smallest absolute Gasteiger partial charge is 0.135 e. The highest BCUT2D eigenvalue weighted by atomic mass is 16.3. The van der Waals surface area contributed by atoms with Crippen molar-refractivity contribution in [3.63, 3.8) is 0 Å². The molecule has 61 heavy (non-hydrogen) atoms. The number of nitrogens with zero attached hydrogens (tertiary/aromatic N) is 4. The summed E-state index contributed by atoms with van der Waals surface area (Å²) in [5, 5.41) is 11.4. The van der Waals surface area contributed by atoms with Crippen molar-refractivity contribution in [2.45, 2.75) is 0 Å². The number of benzene rings is 10. The summed E-state index contributed by atoms with van der Waals surface area (Å²) in [5.74, 6) is 0. The van der Waals surface area contributed by atoms with Crippen LogP contribution in [0.25, 0.3) is 132 Å². The Labute approximate surface area is 349 Å². The first-order valence-electron chi connectivity index (χ1n) is 20.5. The second kappa shape index (κ2) is 13.1. The fourth-order valence-electron chi connectivity index (χ4n) is 9.52. The van der Waals surface area contributed by atoms with Crippen molar-refractivity contribution >= 4 is 87.1 Å². The monoisotopic (exact) mass is 776 g/mol. The molecule has 0 spiro atoms. The Hall–Kier alpha value is -8.28. The lowest BCUT2D eigenvalue weighted by Gasteiger charge is -2.11. The Morgan fingerprint density at radius 2 is 0.541 bits per heavy atom. The number of fused-ring (bicyclic) bond motifs is 15. The summed E-state index contributed by atoms with van der Waals surface area (Å²) in [6.07, 6.45) is 7.12. The number of hydrogen-bond acceptors (Lipinski definition) is 5. The molecule has 5 heteroatoms. The minimum Gasteiger partial charge on any atom is -0.456 e. The van der Waals surface area contributed by atoms with Crippen molar-refractivity contribution in [1.82, 2.24) is 19.9 Å². The summed E-state index contributed by atoms with van der Waals surface area (Å²) in [7, 11) is 0. The van der Waals surface area contributed by atoms with Gasteiger partial charge >= 0.3 is 0 Å². The van der Waals surface area contributed by atoms with Crippen LogP contribution in [0.4, 0.5) is 0 Å². The van der Waals surface area contributed by atoms with Crippen LogP contribution >= 0.6 is 0 Å². The van der Waals surface area contributed by atoms with Gasteiger partial charge in [0.25, 0.3) is 0 Å². The van der Waals surface area contributed by atoms with Crippen LogP contribution in [0, 0.1) is 0 Å². The predicted octanol–water partition coefficient (Wildman–Crippen LogP) is 14.8. The van der Waals surface area contributed by atoms with E-state index in [1.807, 2.05) is 0 Å². The number of furan rings is 1. The van der Waals surface area contributed by atoms with Gasteiger partial charge in [0.15, 0.2) is 0 Å². The maximum Gasteiger partial charge on any atom is 0.135 e. The predicted molar refractivity (Wildman–Crippen MR) is 252 cm³/mol. The largest absolute Gasteiger partial charge is 0.456 e. The molecule has 282 valence electrons. The normalized spacial score (nSPS) is 11.9. The van der Waals surface area contributed by atoms with Gasteiger partial charge in [-0.1, -0.05) is 121 Å². The third-order valence-corrected chi connectivity index (χ3v) is 12.4. The fourth-order valence-corrected chi connectivity index (χ4v) is 9.52. The first-order chi connectivity index (χ1) is 30.2. The molecule has 3 heterocycles. The SMILES string of the molecule is c1cc(-c2ccc3oc4ccc(-c5cccc(-c6ccc7c8ccccc8c8nccnc8c7c6)c5)cc4c3c2)cc(-c2ccc3c4ccccc4c4nccnc4c3c2)c1. The van der Waals surface area contributed by atoms with Crippen LogP contribution in [0.5, 0.6) is 0 Å². The van der Waals surface area contributed by atoms with Crippen molar-refractivity contribution in [3.05, 3.63) is 195 Å². The molecular weight excluding hydrogens is 745 g/mol. The molecule has 0 aliphatic carbocycles. The van der Waals surface area contributed by atoms with Crippen molar-refractivity contribution < 1.29 is 4.42 Å². The second-order valence-corrected chi connectivity index (χ2v) is 15.8. The zero-order chi connectivity index (χ0) is 40.0. The Morgan fingerprint density at radius 3 is 0.951 bits per heavy atom. The molecular formula is C56H32N4O. The highest BCUT2D eigenvalue weighted by molar-refractivity contribution is 6.24. The van der Waals surface area contributed by atoms with Crippen molar-refractivity contribution in [2.24, 2.45) is 0 Å². The summed E-state index contributed by atoms with van der Waals surface area (Å²) >= 11 is 0. The second-order valence-electron chi connectivity index (χ2n) is 15.8. The number of hydrogen-bond donors (Lipinski definition) is 0. The molecule has 0 aliphatic heterocycles. The lowest BCUT2D eigenvalue weighted by Crippen LogP contribution is -1.89. The molecule has 10 aromatic carbocycles. The lowest BCUT2D eigenvalue weighted by atomic mass is 9.93. The average molecular weight is 777 g/mol. The van der Waals surface area contributed by atoms with Gasteiger partial charge in [-0.25, -0.2) is 0 Å². The molecule has 0 radical (unpaired) electrons. The Balaban J connectivity index is 0.877. The standard InChI is InChI=1S/C56H32N4O/c1-3-13-45-41(11-1)43-19-15-37(31-49(43)55-53(45)57-23-25-59-55)33-7-5-9-35(27-33)39-17-21-51-47(29-39)48-30-40(18-22-52(48)61-51)36-10-6-8-34(28-36)38-16-20-44-42-12-2-4-14-46(42)54-56(50(44)32-38)60-26-24-58-54/h1-32H. The van der Waals surface area contributed by atoms with Gasteiger partial charge in [0.2, 0.25) is 0 Å².